The first-order valence-corrected chi connectivity index (χ1v) is 4.91. The van der Waals surface area contributed by atoms with Gasteiger partial charge in [0.15, 0.2) is 11.6 Å². The van der Waals surface area contributed by atoms with Gasteiger partial charge in [-0.25, -0.2) is 4.39 Å². The number of nitrogens with one attached hydrogen (secondary N) is 1. The largest absolute Gasteiger partial charge is 0.494 e. The van der Waals surface area contributed by atoms with Crippen LogP contribution in [0.5, 0.6) is 5.75 Å². The molecule has 0 fully saturated rings. The van der Waals surface area contributed by atoms with Crippen molar-refractivity contribution in [1.29, 1.82) is 0 Å². The van der Waals surface area contributed by atoms with Crippen LogP contribution in [-0.2, 0) is 0 Å². The topological polar surface area (TPSA) is 47.3 Å². The summed E-state index contributed by atoms with van der Waals surface area (Å²) >= 11 is 0. The number of nitrogens with two attached hydrogens (primary N) is 1. The molecule has 0 saturated heterocycles. The van der Waals surface area contributed by atoms with E-state index in [0.717, 1.165) is 6.54 Å². The van der Waals surface area contributed by atoms with Gasteiger partial charge in [-0.05, 0) is 5.92 Å². The molecule has 0 heterocycles. The minimum absolute atomic E-state index is 0.204. The first-order valence-electron chi connectivity index (χ1n) is 4.91. The van der Waals surface area contributed by atoms with Gasteiger partial charge in [0, 0.05) is 18.7 Å². The molecule has 3 N–H and O–H groups in total. The van der Waals surface area contributed by atoms with Crippen LogP contribution >= 0.6 is 0 Å². The van der Waals surface area contributed by atoms with E-state index in [-0.39, 0.29) is 5.75 Å². The average Bonchev–Trinajstić information content (AvgIpc) is 2.16. The van der Waals surface area contributed by atoms with Crippen LogP contribution in [0.2, 0.25) is 0 Å². The second-order valence-electron chi connectivity index (χ2n) is 3.85. The Morgan fingerprint density at radius 3 is 2.67 bits per heavy atom. The number of benzene rings is 1. The van der Waals surface area contributed by atoms with Gasteiger partial charge in [0.05, 0.1) is 18.5 Å². The molecule has 0 aromatic heterocycles. The molecule has 0 aliphatic rings. The highest BCUT2D eigenvalue weighted by Gasteiger charge is 2.08. The molecule has 3 nitrogen and oxygen atoms in total. The second kappa shape index (κ2) is 4.87. The third kappa shape index (κ3) is 3.01. The number of nitrogen functional groups attached to an aromatic ring is 1. The number of ether oxygens (including phenoxy) is 1. The van der Waals surface area contributed by atoms with Gasteiger partial charge >= 0.3 is 0 Å². The van der Waals surface area contributed by atoms with Crippen molar-refractivity contribution in [3.63, 3.8) is 0 Å². The first-order chi connectivity index (χ1) is 7.04. The zero-order valence-corrected chi connectivity index (χ0v) is 9.30. The number of anilines is 2. The Morgan fingerprint density at radius 1 is 1.47 bits per heavy atom. The molecule has 0 amide bonds. The Bertz CT molecular complexity index is 340. The Kier molecular flexibility index (Phi) is 3.77. The van der Waals surface area contributed by atoms with Gasteiger partial charge in [-0.15, -0.1) is 0 Å². The molecule has 0 unspecified atom stereocenters. The highest BCUT2D eigenvalue weighted by Crippen LogP contribution is 2.27. The first kappa shape index (κ1) is 11.6. The molecule has 4 heteroatoms. The number of hydrogen-bond donors (Lipinski definition) is 2. The normalized spacial score (nSPS) is 10.5. The van der Waals surface area contributed by atoms with Crippen LogP contribution in [0.1, 0.15) is 13.8 Å². The molecular formula is C11H17FN2O. The molecule has 1 aromatic carbocycles. The third-order valence-electron chi connectivity index (χ3n) is 2.02. The van der Waals surface area contributed by atoms with Crippen LogP contribution in [0.4, 0.5) is 15.8 Å². The van der Waals surface area contributed by atoms with Crippen molar-refractivity contribution in [2.24, 2.45) is 5.92 Å². The molecule has 0 aliphatic carbocycles. The summed E-state index contributed by atoms with van der Waals surface area (Å²) in [5.74, 6) is 0.265. The summed E-state index contributed by atoms with van der Waals surface area (Å²) in [4.78, 5) is 0. The van der Waals surface area contributed by atoms with Crippen molar-refractivity contribution < 1.29 is 9.13 Å². The van der Waals surface area contributed by atoms with Crippen molar-refractivity contribution in [2.45, 2.75) is 13.8 Å². The van der Waals surface area contributed by atoms with Crippen molar-refractivity contribution in [3.05, 3.63) is 17.9 Å². The smallest absolute Gasteiger partial charge is 0.167 e. The minimum Gasteiger partial charge on any atom is -0.494 e. The highest BCUT2D eigenvalue weighted by molar-refractivity contribution is 5.68. The van der Waals surface area contributed by atoms with Gasteiger partial charge in [-0.3, -0.25) is 0 Å². The highest BCUT2D eigenvalue weighted by atomic mass is 19.1. The molecule has 0 spiro atoms. The van der Waals surface area contributed by atoms with Gasteiger partial charge in [0.2, 0.25) is 0 Å². The molecule has 1 aromatic rings. The molecular weight excluding hydrogens is 195 g/mol. The van der Waals surface area contributed by atoms with Crippen molar-refractivity contribution in [3.8, 4) is 5.75 Å². The van der Waals surface area contributed by atoms with E-state index < -0.39 is 5.82 Å². The van der Waals surface area contributed by atoms with E-state index in [9.17, 15) is 4.39 Å². The molecule has 0 atom stereocenters. The number of rotatable bonds is 4. The van der Waals surface area contributed by atoms with Crippen LogP contribution in [0.3, 0.4) is 0 Å². The lowest BCUT2D eigenvalue weighted by molar-refractivity contribution is 0.387. The van der Waals surface area contributed by atoms with Crippen LogP contribution in [0, 0.1) is 11.7 Å². The van der Waals surface area contributed by atoms with E-state index in [1.807, 2.05) is 0 Å². The third-order valence-corrected chi connectivity index (χ3v) is 2.02. The molecule has 0 aliphatic heterocycles. The zero-order chi connectivity index (χ0) is 11.4. The summed E-state index contributed by atoms with van der Waals surface area (Å²) in [6.45, 7) is 4.97. The van der Waals surface area contributed by atoms with Gasteiger partial charge in [-0.2, -0.15) is 0 Å². The van der Waals surface area contributed by atoms with Gasteiger partial charge in [0.1, 0.15) is 0 Å². The Hall–Kier alpha value is -1.45. The quantitative estimate of drug-likeness (QED) is 0.754. The standard InChI is InChI=1S/C11H17FN2O/c1-7(2)6-14-10-5-11(15-3)8(12)4-9(10)13/h4-5,7,14H,6,13H2,1-3H3. The van der Waals surface area contributed by atoms with Crippen LogP contribution in [0.15, 0.2) is 12.1 Å². The van der Waals surface area contributed by atoms with E-state index in [0.29, 0.717) is 17.3 Å². The van der Waals surface area contributed by atoms with Gasteiger partial charge in [0.25, 0.3) is 0 Å². The maximum Gasteiger partial charge on any atom is 0.167 e. The fraction of sp³-hybridized carbons (Fsp3) is 0.455. The van der Waals surface area contributed by atoms with Crippen LogP contribution in [-0.4, -0.2) is 13.7 Å². The predicted molar refractivity (Wildman–Crippen MR) is 60.7 cm³/mol. The van der Waals surface area contributed by atoms with E-state index >= 15 is 0 Å². The summed E-state index contributed by atoms with van der Waals surface area (Å²) in [5.41, 5.74) is 6.78. The summed E-state index contributed by atoms with van der Waals surface area (Å²) in [7, 11) is 1.43. The molecule has 1 rings (SSSR count). The Balaban J connectivity index is 2.87. The fourth-order valence-corrected chi connectivity index (χ4v) is 1.19. The fourth-order valence-electron chi connectivity index (χ4n) is 1.19. The SMILES string of the molecule is COc1cc(NCC(C)C)c(N)cc1F. The van der Waals surface area contributed by atoms with Gasteiger partial charge in [-0.1, -0.05) is 13.8 Å². The second-order valence-corrected chi connectivity index (χ2v) is 3.85. The number of methoxy groups -OCH3 is 1. The van der Waals surface area contributed by atoms with E-state index in [1.54, 1.807) is 6.07 Å². The summed E-state index contributed by atoms with van der Waals surface area (Å²) in [5, 5.41) is 3.14. The Morgan fingerprint density at radius 2 is 2.13 bits per heavy atom. The lowest BCUT2D eigenvalue weighted by Gasteiger charge is -2.13. The monoisotopic (exact) mass is 212 g/mol. The molecule has 15 heavy (non-hydrogen) atoms. The minimum atomic E-state index is -0.440. The van der Waals surface area contributed by atoms with Crippen LogP contribution < -0.4 is 15.8 Å². The number of hydrogen-bond acceptors (Lipinski definition) is 3. The lowest BCUT2D eigenvalue weighted by Crippen LogP contribution is -2.10. The summed E-state index contributed by atoms with van der Waals surface area (Å²) < 4.78 is 18.1. The average molecular weight is 212 g/mol. The zero-order valence-electron chi connectivity index (χ0n) is 9.30. The molecule has 0 radical (unpaired) electrons. The molecule has 0 saturated carbocycles. The summed E-state index contributed by atoms with van der Waals surface area (Å²) in [6, 6.07) is 2.84. The maximum atomic E-state index is 13.2. The molecule has 0 bridgehead atoms. The number of halogens is 1. The van der Waals surface area contributed by atoms with Crippen LogP contribution in [0.25, 0.3) is 0 Å². The lowest BCUT2D eigenvalue weighted by atomic mass is 10.2. The van der Waals surface area contributed by atoms with E-state index in [1.165, 1.54) is 13.2 Å². The molecule has 84 valence electrons. The Labute approximate surface area is 89.4 Å². The summed E-state index contributed by atoms with van der Waals surface area (Å²) in [6.07, 6.45) is 0. The van der Waals surface area contributed by atoms with Crippen molar-refractivity contribution >= 4 is 11.4 Å². The van der Waals surface area contributed by atoms with Crippen molar-refractivity contribution in [2.75, 3.05) is 24.7 Å². The van der Waals surface area contributed by atoms with E-state index in [2.05, 4.69) is 19.2 Å². The maximum absolute atomic E-state index is 13.2. The van der Waals surface area contributed by atoms with Gasteiger partial charge < -0.3 is 15.8 Å². The van der Waals surface area contributed by atoms with Crippen molar-refractivity contribution in [1.82, 2.24) is 0 Å². The van der Waals surface area contributed by atoms with E-state index in [4.69, 9.17) is 10.5 Å². The predicted octanol–water partition coefficient (Wildman–Crippen LogP) is 2.48.